The number of benzene rings is 2. The number of amides is 1. The van der Waals surface area contributed by atoms with Gasteiger partial charge in [0.2, 0.25) is 0 Å². The van der Waals surface area contributed by atoms with Gasteiger partial charge in [0.05, 0.1) is 11.8 Å². The Balaban J connectivity index is 1.72. The molecular weight excluding hydrogens is 392 g/mol. The second-order valence-corrected chi connectivity index (χ2v) is 6.98. The highest BCUT2D eigenvalue weighted by Gasteiger charge is 2.17. The summed E-state index contributed by atoms with van der Waals surface area (Å²) in [5, 5.41) is 3.31. The third-order valence-corrected chi connectivity index (χ3v) is 4.74. The third kappa shape index (κ3) is 3.68. The molecule has 0 bridgehead atoms. The Hall–Kier alpha value is -2.12. The number of nitrogens with zero attached hydrogens (tertiary/aromatic N) is 1. The van der Waals surface area contributed by atoms with Crippen LogP contribution >= 0.6 is 27.3 Å². The zero-order chi connectivity index (χ0) is 17.1. The first kappa shape index (κ1) is 16.7. The highest BCUT2D eigenvalue weighted by Crippen LogP contribution is 2.32. The first-order valence-electron chi connectivity index (χ1n) is 7.23. The monoisotopic (exact) mass is 406 g/mol. The summed E-state index contributed by atoms with van der Waals surface area (Å²) in [6.45, 7) is 1.70. The predicted molar refractivity (Wildman–Crippen MR) is 99.0 cm³/mol. The molecule has 0 aliphatic heterocycles. The van der Waals surface area contributed by atoms with Crippen LogP contribution in [0.4, 0.5) is 5.13 Å². The Morgan fingerprint density at radius 3 is 2.83 bits per heavy atom. The lowest BCUT2D eigenvalue weighted by atomic mass is 10.3. The van der Waals surface area contributed by atoms with E-state index in [2.05, 4.69) is 26.2 Å². The van der Waals surface area contributed by atoms with Gasteiger partial charge in [0.15, 0.2) is 11.2 Å². The van der Waals surface area contributed by atoms with E-state index in [4.69, 9.17) is 9.47 Å². The SMILES string of the molecule is COc1cccc2sc(NC(=O)C(C)Oc3cccc(Br)c3)nc12. The average molecular weight is 407 g/mol. The summed E-state index contributed by atoms with van der Waals surface area (Å²) in [6.07, 6.45) is -0.645. The maximum Gasteiger partial charge on any atom is 0.266 e. The minimum atomic E-state index is -0.645. The zero-order valence-corrected chi connectivity index (χ0v) is 15.5. The Kier molecular flexibility index (Phi) is 5.01. The van der Waals surface area contributed by atoms with Gasteiger partial charge in [0.1, 0.15) is 17.0 Å². The molecule has 0 aliphatic carbocycles. The van der Waals surface area contributed by atoms with Gasteiger partial charge in [0, 0.05) is 4.47 Å². The molecule has 124 valence electrons. The van der Waals surface area contributed by atoms with Crippen molar-refractivity contribution >= 4 is 48.5 Å². The molecule has 24 heavy (non-hydrogen) atoms. The van der Waals surface area contributed by atoms with Crippen LogP contribution in [0, 0.1) is 0 Å². The zero-order valence-electron chi connectivity index (χ0n) is 13.1. The fourth-order valence-corrected chi connectivity index (χ4v) is 3.41. The number of thiazole rings is 1. The largest absolute Gasteiger partial charge is 0.494 e. The fourth-order valence-electron chi connectivity index (χ4n) is 2.15. The number of hydrogen-bond acceptors (Lipinski definition) is 5. The number of aromatic nitrogens is 1. The van der Waals surface area contributed by atoms with Crippen LogP contribution in [0.1, 0.15) is 6.92 Å². The van der Waals surface area contributed by atoms with Crippen LogP contribution in [-0.2, 0) is 4.79 Å². The maximum atomic E-state index is 12.3. The highest BCUT2D eigenvalue weighted by atomic mass is 79.9. The Bertz CT molecular complexity index is 881. The van der Waals surface area contributed by atoms with Gasteiger partial charge in [-0.25, -0.2) is 4.98 Å². The van der Waals surface area contributed by atoms with Crippen LogP contribution in [0.25, 0.3) is 10.2 Å². The number of nitrogens with one attached hydrogen (secondary N) is 1. The topological polar surface area (TPSA) is 60.5 Å². The summed E-state index contributed by atoms with van der Waals surface area (Å²) >= 11 is 4.77. The van der Waals surface area contributed by atoms with Crippen LogP contribution in [0.3, 0.4) is 0 Å². The summed E-state index contributed by atoms with van der Waals surface area (Å²) in [7, 11) is 1.60. The van der Waals surface area contributed by atoms with E-state index >= 15 is 0 Å². The minimum absolute atomic E-state index is 0.256. The normalized spacial score (nSPS) is 12.0. The van der Waals surface area contributed by atoms with Crippen LogP contribution in [-0.4, -0.2) is 24.1 Å². The second-order valence-electron chi connectivity index (χ2n) is 5.03. The Morgan fingerprint density at radius 1 is 1.29 bits per heavy atom. The van der Waals surface area contributed by atoms with Crippen LogP contribution in [0.15, 0.2) is 46.9 Å². The van der Waals surface area contributed by atoms with Gasteiger partial charge >= 0.3 is 0 Å². The molecule has 0 aliphatic rings. The molecule has 1 atom stereocenters. The summed E-state index contributed by atoms with van der Waals surface area (Å²) in [6, 6.07) is 13.0. The van der Waals surface area contributed by atoms with Crippen molar-refractivity contribution in [2.45, 2.75) is 13.0 Å². The molecule has 1 heterocycles. The van der Waals surface area contributed by atoms with Crippen molar-refractivity contribution in [2.24, 2.45) is 0 Å². The van der Waals surface area contributed by atoms with Crippen molar-refractivity contribution < 1.29 is 14.3 Å². The number of fused-ring (bicyclic) bond motifs is 1. The van der Waals surface area contributed by atoms with E-state index in [0.29, 0.717) is 16.6 Å². The molecule has 1 aromatic heterocycles. The number of hydrogen-bond donors (Lipinski definition) is 1. The number of anilines is 1. The lowest BCUT2D eigenvalue weighted by Crippen LogP contribution is -2.30. The molecule has 2 aromatic carbocycles. The van der Waals surface area contributed by atoms with Crippen molar-refractivity contribution in [3.8, 4) is 11.5 Å². The standard InChI is InChI=1S/C17H15BrN2O3S/c1-10(23-12-6-3-5-11(18)9-12)16(21)20-17-19-15-13(22-2)7-4-8-14(15)24-17/h3-10H,1-2H3,(H,19,20,21). The Labute approximate surface area is 151 Å². The fraction of sp³-hybridized carbons (Fsp3) is 0.176. The summed E-state index contributed by atoms with van der Waals surface area (Å²) in [5.41, 5.74) is 0.737. The maximum absolute atomic E-state index is 12.3. The van der Waals surface area contributed by atoms with Gasteiger partial charge in [-0.2, -0.15) is 0 Å². The van der Waals surface area contributed by atoms with Crippen molar-refractivity contribution in [1.29, 1.82) is 0 Å². The number of ether oxygens (including phenoxy) is 2. The van der Waals surface area contributed by atoms with Crippen LogP contribution in [0.2, 0.25) is 0 Å². The first-order chi connectivity index (χ1) is 11.6. The van der Waals surface area contributed by atoms with Gasteiger partial charge in [-0.3, -0.25) is 10.1 Å². The van der Waals surface area contributed by atoms with Crippen molar-refractivity contribution in [1.82, 2.24) is 4.98 Å². The van der Waals surface area contributed by atoms with E-state index in [9.17, 15) is 4.79 Å². The molecule has 5 nitrogen and oxygen atoms in total. The highest BCUT2D eigenvalue weighted by molar-refractivity contribution is 9.10. The molecule has 3 rings (SSSR count). The summed E-state index contributed by atoms with van der Waals surface area (Å²) in [4.78, 5) is 16.7. The van der Waals surface area contributed by atoms with Crippen LogP contribution < -0.4 is 14.8 Å². The van der Waals surface area contributed by atoms with E-state index in [1.165, 1.54) is 11.3 Å². The summed E-state index contributed by atoms with van der Waals surface area (Å²) < 4.78 is 12.8. The van der Waals surface area contributed by atoms with E-state index in [1.54, 1.807) is 20.1 Å². The third-order valence-electron chi connectivity index (χ3n) is 3.31. The van der Waals surface area contributed by atoms with E-state index in [0.717, 1.165) is 14.7 Å². The first-order valence-corrected chi connectivity index (χ1v) is 8.84. The summed E-state index contributed by atoms with van der Waals surface area (Å²) in [5.74, 6) is 1.05. The lowest BCUT2D eigenvalue weighted by molar-refractivity contribution is -0.122. The average Bonchev–Trinajstić information content (AvgIpc) is 2.97. The molecular formula is C17H15BrN2O3S. The number of carbonyl (C=O) groups is 1. The smallest absolute Gasteiger partial charge is 0.266 e. The van der Waals surface area contributed by atoms with E-state index in [1.807, 2.05) is 36.4 Å². The number of rotatable bonds is 5. The van der Waals surface area contributed by atoms with Gasteiger partial charge in [-0.1, -0.05) is 39.4 Å². The molecule has 0 spiro atoms. The molecule has 0 radical (unpaired) electrons. The second kappa shape index (κ2) is 7.19. The molecule has 0 fully saturated rings. The molecule has 1 amide bonds. The van der Waals surface area contributed by atoms with Gasteiger partial charge in [0.25, 0.3) is 5.91 Å². The Morgan fingerprint density at radius 2 is 2.08 bits per heavy atom. The molecule has 0 saturated carbocycles. The van der Waals surface area contributed by atoms with Gasteiger partial charge in [-0.15, -0.1) is 0 Å². The van der Waals surface area contributed by atoms with Gasteiger partial charge in [-0.05, 0) is 37.3 Å². The minimum Gasteiger partial charge on any atom is -0.494 e. The molecule has 1 N–H and O–H groups in total. The number of carbonyl (C=O) groups excluding carboxylic acids is 1. The van der Waals surface area contributed by atoms with Crippen molar-refractivity contribution in [3.05, 3.63) is 46.9 Å². The molecule has 3 aromatic rings. The number of methoxy groups -OCH3 is 1. The molecule has 0 saturated heterocycles. The quantitative estimate of drug-likeness (QED) is 0.678. The van der Waals surface area contributed by atoms with E-state index < -0.39 is 6.10 Å². The number of para-hydroxylation sites is 1. The van der Waals surface area contributed by atoms with E-state index in [-0.39, 0.29) is 5.91 Å². The van der Waals surface area contributed by atoms with Crippen LogP contribution in [0.5, 0.6) is 11.5 Å². The van der Waals surface area contributed by atoms with Crippen molar-refractivity contribution in [3.63, 3.8) is 0 Å². The van der Waals surface area contributed by atoms with Gasteiger partial charge < -0.3 is 9.47 Å². The lowest BCUT2D eigenvalue weighted by Gasteiger charge is -2.13. The van der Waals surface area contributed by atoms with Crippen molar-refractivity contribution in [2.75, 3.05) is 12.4 Å². The molecule has 1 unspecified atom stereocenters. The predicted octanol–water partition coefficient (Wildman–Crippen LogP) is 4.47. The number of halogens is 1. The molecule has 7 heteroatoms.